The van der Waals surface area contributed by atoms with Crippen LogP contribution >= 0.6 is 0 Å². The molecule has 0 radical (unpaired) electrons. The first-order chi connectivity index (χ1) is 36.1. The highest BCUT2D eigenvalue weighted by Gasteiger charge is 2.38. The molecular formula is C51H80N12O14. The van der Waals surface area contributed by atoms with E-state index in [0.717, 1.165) is 6.92 Å². The quantitative estimate of drug-likeness (QED) is 0.0193. The van der Waals surface area contributed by atoms with E-state index in [4.69, 9.17) is 17.2 Å². The Hall–Kier alpha value is -7.42. The van der Waals surface area contributed by atoms with E-state index >= 15 is 0 Å². The first-order valence-electron chi connectivity index (χ1n) is 25.3. The number of carbonyl (C=O) groups excluding carboxylic acids is 8. The lowest BCUT2D eigenvalue weighted by atomic mass is 10.00. The molecule has 0 saturated heterocycles. The summed E-state index contributed by atoms with van der Waals surface area (Å²) in [6.07, 6.45) is -3.54. The summed E-state index contributed by atoms with van der Waals surface area (Å²) in [5, 5.41) is 71.0. The van der Waals surface area contributed by atoms with Crippen LogP contribution < -0.4 is 59.7 Å². The predicted octanol–water partition coefficient (Wildman–Crippen LogP) is -3.37. The third-order valence-corrected chi connectivity index (χ3v) is 12.0. The maximum atomic E-state index is 14.1. The molecule has 2 rings (SSSR count). The summed E-state index contributed by atoms with van der Waals surface area (Å²) in [4.78, 5) is 126. The van der Waals surface area contributed by atoms with Gasteiger partial charge in [0.1, 0.15) is 54.1 Å². The molecule has 26 heteroatoms. The minimum Gasteiger partial charge on any atom is -0.508 e. The molecule has 77 heavy (non-hydrogen) atoms. The third kappa shape index (κ3) is 22.8. The molecule has 0 bridgehead atoms. The highest BCUT2D eigenvalue weighted by molar-refractivity contribution is 5.98. The van der Waals surface area contributed by atoms with Crippen LogP contribution in [0.2, 0.25) is 0 Å². The number of guanidine groups is 1. The van der Waals surface area contributed by atoms with E-state index < -0.39 is 132 Å². The Labute approximate surface area is 447 Å². The van der Waals surface area contributed by atoms with Gasteiger partial charge in [0.05, 0.1) is 24.9 Å². The number of aliphatic hydroxyl groups excluding tert-OH is 3. The van der Waals surface area contributed by atoms with Gasteiger partial charge in [-0.15, -0.1) is 0 Å². The van der Waals surface area contributed by atoms with Gasteiger partial charge in [0, 0.05) is 19.4 Å². The fraction of sp³-hybridized carbons (Fsp3) is 0.569. The molecule has 19 N–H and O–H groups in total. The maximum Gasteiger partial charge on any atom is 0.326 e. The van der Waals surface area contributed by atoms with Crippen molar-refractivity contribution in [1.29, 1.82) is 0 Å². The van der Waals surface area contributed by atoms with Crippen LogP contribution in [0.3, 0.4) is 0 Å². The lowest BCUT2D eigenvalue weighted by molar-refractivity contribution is -0.143. The molecule has 428 valence electrons. The Balaban J connectivity index is 2.37. The number of aliphatic hydroxyl groups is 3. The molecule has 0 aliphatic carbocycles. The molecule has 2 aromatic carbocycles. The van der Waals surface area contributed by atoms with Crippen molar-refractivity contribution in [2.75, 3.05) is 13.2 Å². The molecule has 8 amide bonds. The number of aliphatic carboxylic acids is 1. The van der Waals surface area contributed by atoms with Crippen molar-refractivity contribution in [3.05, 3.63) is 65.7 Å². The highest BCUT2D eigenvalue weighted by Crippen LogP contribution is 2.14. The minimum absolute atomic E-state index is 0.0216. The Morgan fingerprint density at radius 3 is 1.40 bits per heavy atom. The van der Waals surface area contributed by atoms with Gasteiger partial charge in [0.25, 0.3) is 0 Å². The summed E-state index contributed by atoms with van der Waals surface area (Å²) >= 11 is 0. The Kier molecular flexibility index (Phi) is 27.5. The van der Waals surface area contributed by atoms with E-state index in [1.807, 2.05) is 0 Å². The first kappa shape index (κ1) is 65.7. The second kappa shape index (κ2) is 32.2. The molecule has 0 aromatic heterocycles. The van der Waals surface area contributed by atoms with Crippen LogP contribution in [-0.4, -0.2) is 164 Å². The summed E-state index contributed by atoms with van der Waals surface area (Å²) in [7, 11) is 0. The minimum atomic E-state index is -1.83. The summed E-state index contributed by atoms with van der Waals surface area (Å²) in [5.41, 5.74) is 18.1. The number of rotatable bonds is 32. The van der Waals surface area contributed by atoms with Crippen molar-refractivity contribution in [3.8, 4) is 5.75 Å². The number of aromatic hydroxyl groups is 1. The van der Waals surface area contributed by atoms with Crippen LogP contribution in [0.5, 0.6) is 5.75 Å². The fourth-order valence-electron chi connectivity index (χ4n) is 7.53. The molecule has 0 aliphatic heterocycles. The van der Waals surface area contributed by atoms with Gasteiger partial charge in [-0.05, 0) is 74.1 Å². The summed E-state index contributed by atoms with van der Waals surface area (Å²) in [6.45, 7) is 11.3. The monoisotopic (exact) mass is 1080 g/mol. The predicted molar refractivity (Wildman–Crippen MR) is 283 cm³/mol. The van der Waals surface area contributed by atoms with Crippen LogP contribution in [0.1, 0.15) is 85.8 Å². The number of nitrogens with zero attached hydrogens (tertiary/aromatic N) is 1. The average Bonchev–Trinajstić information content (AvgIpc) is 3.35. The number of carboxylic acids is 1. The Morgan fingerprint density at radius 2 is 0.935 bits per heavy atom. The second-order valence-corrected chi connectivity index (χ2v) is 19.9. The number of phenols is 1. The van der Waals surface area contributed by atoms with Crippen LogP contribution in [0, 0.1) is 17.8 Å². The van der Waals surface area contributed by atoms with Crippen molar-refractivity contribution < 1.29 is 68.7 Å². The number of nitrogens with two attached hydrogens (primary N) is 3. The number of phenolic OH excluding ortho intramolecular Hbond substituents is 1. The summed E-state index contributed by atoms with van der Waals surface area (Å²) < 4.78 is 0. The van der Waals surface area contributed by atoms with E-state index in [1.54, 1.807) is 58.0 Å². The second-order valence-electron chi connectivity index (χ2n) is 19.9. The Bertz CT molecular complexity index is 2310. The smallest absolute Gasteiger partial charge is 0.326 e. The number of benzene rings is 2. The molecule has 2 aromatic rings. The number of carboxylic acid groups (broad SMARTS) is 1. The van der Waals surface area contributed by atoms with Gasteiger partial charge in [-0.1, -0.05) is 84.0 Å². The van der Waals surface area contributed by atoms with Crippen LogP contribution in [0.25, 0.3) is 0 Å². The molecule has 0 aliphatic rings. The van der Waals surface area contributed by atoms with Crippen LogP contribution in [0.4, 0.5) is 0 Å². The summed E-state index contributed by atoms with van der Waals surface area (Å²) in [6, 6.07) is 0.790. The van der Waals surface area contributed by atoms with Crippen molar-refractivity contribution >= 4 is 59.2 Å². The number of nitrogens with one attached hydrogen (secondary N) is 8. The van der Waals surface area contributed by atoms with Gasteiger partial charge in [0.15, 0.2) is 5.96 Å². The third-order valence-electron chi connectivity index (χ3n) is 12.0. The highest BCUT2D eigenvalue weighted by atomic mass is 16.4. The van der Waals surface area contributed by atoms with E-state index in [0.29, 0.717) is 11.1 Å². The number of aliphatic imine (C=N–C) groups is 1. The normalized spacial score (nSPS) is 15.6. The molecule has 26 nitrogen and oxygen atoms in total. The van der Waals surface area contributed by atoms with Crippen LogP contribution in [-0.2, 0) is 56.0 Å². The number of hydrogen-bond donors (Lipinski definition) is 16. The zero-order valence-corrected chi connectivity index (χ0v) is 44.8. The van der Waals surface area contributed by atoms with E-state index in [2.05, 4.69) is 47.5 Å². The molecule has 11 atom stereocenters. The lowest BCUT2D eigenvalue weighted by Crippen LogP contribution is -2.63. The lowest BCUT2D eigenvalue weighted by Gasteiger charge is -2.30. The van der Waals surface area contributed by atoms with Crippen molar-refractivity contribution in [2.24, 2.45) is 39.9 Å². The van der Waals surface area contributed by atoms with Gasteiger partial charge in [-0.2, -0.15) is 0 Å². The van der Waals surface area contributed by atoms with Gasteiger partial charge in [0.2, 0.25) is 47.3 Å². The molecule has 0 fully saturated rings. The van der Waals surface area contributed by atoms with Gasteiger partial charge < -0.3 is 85.3 Å². The Morgan fingerprint density at radius 1 is 0.519 bits per heavy atom. The van der Waals surface area contributed by atoms with Gasteiger partial charge >= 0.3 is 5.97 Å². The van der Waals surface area contributed by atoms with E-state index in [-0.39, 0.29) is 62.2 Å². The maximum absolute atomic E-state index is 14.1. The average molecular weight is 1090 g/mol. The number of hydrogen-bond acceptors (Lipinski definition) is 15. The van der Waals surface area contributed by atoms with Gasteiger partial charge in [-0.25, -0.2) is 4.79 Å². The molecular weight excluding hydrogens is 1000 g/mol. The van der Waals surface area contributed by atoms with E-state index in [1.165, 1.54) is 45.0 Å². The number of carbonyl (C=O) groups is 9. The molecule has 0 spiro atoms. The largest absolute Gasteiger partial charge is 0.508 e. The van der Waals surface area contributed by atoms with Gasteiger partial charge in [-0.3, -0.25) is 43.3 Å². The molecule has 0 heterocycles. The topological polar surface area (TPSA) is 441 Å². The standard InChI is InChI=1S/C51H80N12O14/c1-25(2)21-36(50(76)77)59-43(69)34(22-30-13-10-9-11-14-30)57-45(71)37(24-64)60-49(75)41(29(8)66)63-47(73)39(27(5)6)61-42(68)33(15-12-20-55-51(53)54)56-48(74)40(28(7)65)62-44(70)35(58-46(72)38(52)26(3)4)23-31-16-18-32(67)19-17-31/h9-11,13-14,16-19,25-29,33-41,64-67H,12,15,20-24,52H2,1-8H3,(H,56,74)(H,57,71)(H,58,72)(H,59,69)(H,60,75)(H,61,68)(H,62,70)(H,63,73)(H,76,77)(H4,53,54,55)/t28-,29-,33+,34+,35+,36+,37+,38+,39+,40+,41+/m1/s1. The zero-order chi connectivity index (χ0) is 58.3. The first-order valence-corrected chi connectivity index (χ1v) is 25.3. The zero-order valence-electron chi connectivity index (χ0n) is 44.8. The molecule has 0 unspecified atom stereocenters. The van der Waals surface area contributed by atoms with Crippen molar-refractivity contribution in [2.45, 2.75) is 154 Å². The van der Waals surface area contributed by atoms with Crippen molar-refractivity contribution in [3.63, 3.8) is 0 Å². The summed E-state index contributed by atoms with van der Waals surface area (Å²) in [5.74, 6) is -10.6. The van der Waals surface area contributed by atoms with E-state index in [9.17, 15) is 68.7 Å². The van der Waals surface area contributed by atoms with Crippen molar-refractivity contribution in [1.82, 2.24) is 42.5 Å². The number of amides is 8. The van der Waals surface area contributed by atoms with Crippen LogP contribution in [0.15, 0.2) is 59.6 Å². The molecule has 0 saturated carbocycles. The SMILES string of the molecule is CC(C)C[C@H](NC(=O)[C@H](Cc1ccccc1)NC(=O)[C@H](CO)NC(=O)[C@@H](NC(=O)[C@@H](NC(=O)[C@H](CCCN=C(N)N)NC(=O)[C@@H](NC(=O)[C@H](Cc1ccc(O)cc1)NC(=O)[C@@H](N)C(C)C)[C@@H](C)O)C(C)C)[C@@H](C)O)C(=O)O. The fourth-order valence-corrected chi connectivity index (χ4v) is 7.53.